The predicted molar refractivity (Wildman–Crippen MR) is 68.8 cm³/mol. The Balaban J connectivity index is 2.08. The minimum absolute atomic E-state index is 0.485. The molecule has 15 heavy (non-hydrogen) atoms. The van der Waals surface area contributed by atoms with E-state index in [4.69, 9.17) is 0 Å². The first kappa shape index (κ1) is 9.41. The minimum atomic E-state index is -0.485. The highest BCUT2D eigenvalue weighted by molar-refractivity contribution is 6.65. The van der Waals surface area contributed by atoms with Gasteiger partial charge >= 0.3 is 0 Å². The Morgan fingerprint density at radius 1 is 1.20 bits per heavy atom. The lowest BCUT2D eigenvalue weighted by Gasteiger charge is -2.44. The highest BCUT2D eigenvalue weighted by Crippen LogP contribution is 2.44. The van der Waals surface area contributed by atoms with E-state index in [1.165, 1.54) is 18.4 Å². The van der Waals surface area contributed by atoms with Crippen molar-refractivity contribution in [3.05, 3.63) is 41.5 Å². The summed E-state index contributed by atoms with van der Waals surface area (Å²) < 4.78 is 0. The van der Waals surface area contributed by atoms with Crippen molar-refractivity contribution in [2.45, 2.75) is 36.9 Å². The summed E-state index contributed by atoms with van der Waals surface area (Å²) in [6.07, 6.45) is 7.50. The van der Waals surface area contributed by atoms with Gasteiger partial charge in [0.15, 0.2) is 0 Å². The van der Waals surface area contributed by atoms with Crippen LogP contribution in [0.25, 0.3) is 6.08 Å². The van der Waals surface area contributed by atoms with Crippen LogP contribution < -0.4 is 0 Å². The molecule has 0 spiro atoms. The maximum absolute atomic E-state index is 2.52. The molecule has 0 saturated carbocycles. The third kappa shape index (κ3) is 1.33. The molecular weight excluding hydrogens is 196 g/mol. The Bertz CT molecular complexity index is 404. The van der Waals surface area contributed by atoms with Crippen molar-refractivity contribution >= 4 is 14.9 Å². The van der Waals surface area contributed by atoms with Gasteiger partial charge in [0.2, 0.25) is 0 Å². The summed E-state index contributed by atoms with van der Waals surface area (Å²) in [6.45, 7) is 2.52. The number of allylic oxidation sites excluding steroid dienone is 1. The Morgan fingerprint density at radius 2 is 2.00 bits per heavy atom. The van der Waals surface area contributed by atoms with Crippen molar-refractivity contribution < 1.29 is 0 Å². The summed E-state index contributed by atoms with van der Waals surface area (Å²) in [6, 6.07) is 12.2. The largest absolute Gasteiger partial charge is 0.0834 e. The first-order valence-electron chi connectivity index (χ1n) is 6.07. The molecule has 78 valence electrons. The third-order valence-corrected chi connectivity index (χ3v) is 8.98. The van der Waals surface area contributed by atoms with E-state index in [1.54, 1.807) is 17.7 Å². The second kappa shape index (κ2) is 3.34. The molecule has 1 aliphatic heterocycles. The van der Waals surface area contributed by atoms with Crippen LogP contribution in [0.4, 0.5) is 0 Å². The highest BCUT2D eigenvalue weighted by atomic mass is 28.3. The second-order valence-corrected chi connectivity index (χ2v) is 9.06. The van der Waals surface area contributed by atoms with Crippen LogP contribution >= 0.6 is 0 Å². The monoisotopic (exact) mass is 214 g/mol. The Labute approximate surface area is 93.6 Å². The first-order valence-corrected chi connectivity index (χ1v) is 8.28. The zero-order valence-corrected chi connectivity index (χ0v) is 10.5. The lowest BCUT2D eigenvalue weighted by Crippen LogP contribution is -2.45. The standard InChI is InChI=1S/C14H18Si/c1-14(15-10-5-11-15)9-4-7-12-6-2-3-8-13(12)14/h2-4,6-8,15H,5,9-11H2,1H3. The number of hydrogen-bond donors (Lipinski definition) is 0. The molecule has 0 N–H and O–H groups in total. The van der Waals surface area contributed by atoms with Gasteiger partial charge in [-0.2, -0.15) is 0 Å². The van der Waals surface area contributed by atoms with E-state index in [9.17, 15) is 0 Å². The Kier molecular flexibility index (Phi) is 2.10. The molecule has 1 heteroatoms. The molecule has 0 radical (unpaired) electrons. The van der Waals surface area contributed by atoms with Crippen molar-refractivity contribution in [3.8, 4) is 0 Å². The van der Waals surface area contributed by atoms with Crippen molar-refractivity contribution in [1.82, 2.24) is 0 Å². The van der Waals surface area contributed by atoms with Gasteiger partial charge in [0.05, 0.1) is 0 Å². The normalized spacial score (nSPS) is 29.7. The maximum Gasteiger partial charge on any atom is 0.0488 e. The fourth-order valence-electron chi connectivity index (χ4n) is 3.14. The average Bonchev–Trinajstić information content (AvgIpc) is 2.15. The van der Waals surface area contributed by atoms with Gasteiger partial charge in [0, 0.05) is 8.80 Å². The van der Waals surface area contributed by atoms with Crippen LogP contribution in [-0.4, -0.2) is 8.80 Å². The zero-order valence-electron chi connectivity index (χ0n) is 9.37. The molecule has 1 fully saturated rings. The van der Waals surface area contributed by atoms with E-state index in [1.807, 2.05) is 0 Å². The van der Waals surface area contributed by atoms with Gasteiger partial charge in [-0.3, -0.25) is 0 Å². The van der Waals surface area contributed by atoms with Gasteiger partial charge in [-0.05, 0) is 22.6 Å². The number of benzene rings is 1. The van der Waals surface area contributed by atoms with Gasteiger partial charge in [0.1, 0.15) is 0 Å². The summed E-state index contributed by atoms with van der Waals surface area (Å²) in [4.78, 5) is 0. The molecule has 1 saturated heterocycles. The van der Waals surface area contributed by atoms with Crippen LogP contribution in [0.3, 0.4) is 0 Å². The number of fused-ring (bicyclic) bond motifs is 1. The van der Waals surface area contributed by atoms with Gasteiger partial charge in [-0.25, -0.2) is 0 Å². The first-order chi connectivity index (χ1) is 7.31. The summed E-state index contributed by atoms with van der Waals surface area (Å²) in [5.74, 6) is 0. The maximum atomic E-state index is 2.52. The molecule has 1 aliphatic carbocycles. The third-order valence-electron chi connectivity index (χ3n) is 4.42. The molecule has 0 nitrogen and oxygen atoms in total. The number of hydrogen-bond acceptors (Lipinski definition) is 0. The van der Waals surface area contributed by atoms with Crippen molar-refractivity contribution in [2.75, 3.05) is 0 Å². The summed E-state index contributed by atoms with van der Waals surface area (Å²) in [7, 11) is -0.485. The smallest absolute Gasteiger partial charge is 0.0488 e. The predicted octanol–water partition coefficient (Wildman–Crippen LogP) is 3.53. The van der Waals surface area contributed by atoms with Crippen molar-refractivity contribution in [2.24, 2.45) is 0 Å². The summed E-state index contributed by atoms with van der Waals surface area (Å²) in [5.41, 5.74) is 3.12. The topological polar surface area (TPSA) is 0 Å². The van der Waals surface area contributed by atoms with Crippen LogP contribution in [0.5, 0.6) is 0 Å². The molecule has 1 atom stereocenters. The molecule has 1 aromatic carbocycles. The van der Waals surface area contributed by atoms with Gasteiger partial charge < -0.3 is 0 Å². The van der Waals surface area contributed by atoms with E-state index < -0.39 is 8.80 Å². The van der Waals surface area contributed by atoms with Crippen molar-refractivity contribution in [1.29, 1.82) is 0 Å². The Hall–Kier alpha value is -0.823. The molecule has 0 aromatic heterocycles. The molecule has 2 aliphatic rings. The fourth-order valence-corrected chi connectivity index (χ4v) is 6.40. The van der Waals surface area contributed by atoms with E-state index in [2.05, 4.69) is 43.3 Å². The van der Waals surface area contributed by atoms with Crippen LogP contribution in [0.1, 0.15) is 30.9 Å². The SMILES string of the molecule is CC1([SiH]2CCC2)CC=Cc2ccccc21. The van der Waals surface area contributed by atoms with Gasteiger partial charge in [-0.1, -0.05) is 61.9 Å². The van der Waals surface area contributed by atoms with E-state index >= 15 is 0 Å². The minimum Gasteiger partial charge on any atom is -0.0834 e. The van der Waals surface area contributed by atoms with Gasteiger partial charge in [-0.15, -0.1) is 0 Å². The molecule has 3 rings (SSSR count). The highest BCUT2D eigenvalue weighted by Gasteiger charge is 2.41. The van der Waals surface area contributed by atoms with Crippen LogP contribution in [0.2, 0.25) is 12.1 Å². The van der Waals surface area contributed by atoms with E-state index in [0.29, 0.717) is 5.04 Å². The lowest BCUT2D eigenvalue weighted by atomic mass is 9.87. The van der Waals surface area contributed by atoms with Gasteiger partial charge in [0.25, 0.3) is 0 Å². The molecule has 1 unspecified atom stereocenters. The zero-order chi connectivity index (χ0) is 10.3. The summed E-state index contributed by atoms with van der Waals surface area (Å²) >= 11 is 0. The quantitative estimate of drug-likeness (QED) is 0.627. The van der Waals surface area contributed by atoms with E-state index in [-0.39, 0.29) is 0 Å². The molecule has 0 amide bonds. The Morgan fingerprint density at radius 3 is 2.73 bits per heavy atom. The average molecular weight is 214 g/mol. The van der Waals surface area contributed by atoms with Crippen LogP contribution in [0.15, 0.2) is 30.3 Å². The molecule has 0 bridgehead atoms. The van der Waals surface area contributed by atoms with Crippen LogP contribution in [-0.2, 0) is 5.04 Å². The lowest BCUT2D eigenvalue weighted by molar-refractivity contribution is 0.623. The molecule has 1 heterocycles. The molecule has 1 aromatic rings. The van der Waals surface area contributed by atoms with Crippen LogP contribution in [0, 0.1) is 0 Å². The van der Waals surface area contributed by atoms with Crippen molar-refractivity contribution in [3.63, 3.8) is 0 Å². The fraction of sp³-hybridized carbons (Fsp3) is 0.429. The van der Waals surface area contributed by atoms with E-state index in [0.717, 1.165) is 0 Å². The number of rotatable bonds is 1. The molecular formula is C14H18Si. The second-order valence-electron chi connectivity index (χ2n) is 5.24. The summed E-state index contributed by atoms with van der Waals surface area (Å²) in [5, 5.41) is 0.559.